The number of aliphatic hydroxyl groups is 1. The fourth-order valence-electron chi connectivity index (χ4n) is 1.87. The van der Waals surface area contributed by atoms with E-state index in [2.05, 4.69) is 20.2 Å². The van der Waals surface area contributed by atoms with Crippen molar-refractivity contribution in [1.82, 2.24) is 25.0 Å². The molecular formula is C14H13N5O4. The largest absolute Gasteiger partial charge is 0.461 e. The monoisotopic (exact) mass is 315 g/mol. The van der Waals surface area contributed by atoms with E-state index in [1.807, 2.05) is 0 Å². The number of oxazole rings is 1. The van der Waals surface area contributed by atoms with Gasteiger partial charge in [0.2, 0.25) is 5.89 Å². The lowest BCUT2D eigenvalue weighted by Crippen LogP contribution is -2.07. The van der Waals surface area contributed by atoms with Gasteiger partial charge in [-0.15, -0.1) is 0 Å². The summed E-state index contributed by atoms with van der Waals surface area (Å²) < 4.78 is 9.93. The maximum Gasteiger partial charge on any atom is 0.360 e. The predicted octanol–water partition coefficient (Wildman–Crippen LogP) is 0.909. The fraction of sp³-hybridized carbons (Fsp3) is 0.214. The van der Waals surface area contributed by atoms with E-state index in [4.69, 9.17) is 9.15 Å². The van der Waals surface area contributed by atoms with Gasteiger partial charge in [0.15, 0.2) is 11.8 Å². The number of carbonyl (C=O) groups excluding carboxylic acids is 1. The van der Waals surface area contributed by atoms with Crippen molar-refractivity contribution in [3.63, 3.8) is 0 Å². The van der Waals surface area contributed by atoms with Gasteiger partial charge in [-0.25, -0.2) is 9.78 Å². The van der Waals surface area contributed by atoms with E-state index in [0.29, 0.717) is 11.4 Å². The molecule has 0 fully saturated rings. The molecule has 9 heteroatoms. The van der Waals surface area contributed by atoms with Crippen LogP contribution in [0.4, 0.5) is 0 Å². The highest BCUT2D eigenvalue weighted by Gasteiger charge is 2.21. The number of rotatable bonds is 5. The van der Waals surface area contributed by atoms with Gasteiger partial charge in [-0.2, -0.15) is 15.0 Å². The van der Waals surface area contributed by atoms with Crippen LogP contribution >= 0.6 is 0 Å². The summed E-state index contributed by atoms with van der Waals surface area (Å²) in [5.74, 6) is -0.645. The maximum atomic E-state index is 11.5. The zero-order valence-electron chi connectivity index (χ0n) is 12.2. The molecule has 118 valence electrons. The number of carbonyl (C=O) groups is 1. The number of ether oxygens (including phenoxy) is 1. The first-order valence-electron chi connectivity index (χ1n) is 6.82. The van der Waals surface area contributed by atoms with Crippen LogP contribution in [-0.2, 0) is 4.74 Å². The lowest BCUT2D eigenvalue weighted by molar-refractivity contribution is 0.0519. The van der Waals surface area contributed by atoms with E-state index in [1.165, 1.54) is 11.0 Å². The Kier molecular flexibility index (Phi) is 4.11. The molecular weight excluding hydrogens is 302 g/mol. The van der Waals surface area contributed by atoms with Crippen LogP contribution in [-0.4, -0.2) is 42.6 Å². The van der Waals surface area contributed by atoms with Gasteiger partial charge in [-0.3, -0.25) is 4.98 Å². The van der Waals surface area contributed by atoms with E-state index in [9.17, 15) is 9.90 Å². The number of hydrogen-bond acceptors (Lipinski definition) is 8. The summed E-state index contributed by atoms with van der Waals surface area (Å²) in [6.07, 6.45) is 4.54. The molecule has 0 aliphatic heterocycles. The standard InChI is InChI=1S/C14H13N5O4/c1-2-22-14(21)11-8-23-13(18-11)12(20)10-4-3-9(7-15-10)19-16-5-6-17-19/h3-8,12,20H,2H2,1H3. The SMILES string of the molecule is CCOC(=O)c1coc(C(O)c2ccc(-n3nccn3)cn2)n1. The number of esters is 1. The zero-order chi connectivity index (χ0) is 16.2. The smallest absolute Gasteiger partial charge is 0.360 e. The van der Waals surface area contributed by atoms with Crippen molar-refractivity contribution in [2.45, 2.75) is 13.0 Å². The minimum Gasteiger partial charge on any atom is -0.461 e. The zero-order valence-corrected chi connectivity index (χ0v) is 12.2. The molecule has 1 unspecified atom stereocenters. The number of aliphatic hydroxyl groups excluding tert-OH is 1. The highest BCUT2D eigenvalue weighted by Crippen LogP contribution is 2.20. The Morgan fingerprint density at radius 1 is 1.39 bits per heavy atom. The minimum absolute atomic E-state index is 0.00161. The lowest BCUT2D eigenvalue weighted by Gasteiger charge is -2.06. The first-order chi connectivity index (χ1) is 11.2. The van der Waals surface area contributed by atoms with Crippen LogP contribution < -0.4 is 0 Å². The molecule has 0 spiro atoms. The maximum absolute atomic E-state index is 11.5. The second-order valence-electron chi connectivity index (χ2n) is 4.45. The Balaban J connectivity index is 1.78. The van der Waals surface area contributed by atoms with Crippen molar-refractivity contribution in [3.8, 4) is 5.69 Å². The van der Waals surface area contributed by atoms with Gasteiger partial charge in [-0.05, 0) is 19.1 Å². The van der Waals surface area contributed by atoms with Crippen LogP contribution in [0.1, 0.15) is 35.1 Å². The molecule has 1 atom stereocenters. The molecule has 0 radical (unpaired) electrons. The Labute approximate surface area is 130 Å². The highest BCUT2D eigenvalue weighted by atomic mass is 16.5. The molecule has 0 amide bonds. The van der Waals surface area contributed by atoms with Gasteiger partial charge >= 0.3 is 5.97 Å². The van der Waals surface area contributed by atoms with Gasteiger partial charge < -0.3 is 14.3 Å². The average Bonchev–Trinajstić information content (AvgIpc) is 3.26. The molecule has 3 heterocycles. The molecule has 1 N–H and O–H groups in total. The van der Waals surface area contributed by atoms with Crippen molar-refractivity contribution in [2.75, 3.05) is 6.61 Å². The summed E-state index contributed by atoms with van der Waals surface area (Å²) in [6, 6.07) is 3.29. The van der Waals surface area contributed by atoms with Crippen LogP contribution in [0.15, 0.2) is 41.4 Å². The van der Waals surface area contributed by atoms with Crippen LogP contribution in [0, 0.1) is 0 Å². The third kappa shape index (κ3) is 3.09. The van der Waals surface area contributed by atoms with E-state index >= 15 is 0 Å². The number of hydrogen-bond donors (Lipinski definition) is 1. The minimum atomic E-state index is -1.20. The molecule has 9 nitrogen and oxygen atoms in total. The van der Waals surface area contributed by atoms with Crippen molar-refractivity contribution in [1.29, 1.82) is 0 Å². The van der Waals surface area contributed by atoms with Gasteiger partial charge in [0.25, 0.3) is 0 Å². The molecule has 0 aliphatic carbocycles. The molecule has 0 saturated carbocycles. The topological polar surface area (TPSA) is 116 Å². The summed E-state index contributed by atoms with van der Waals surface area (Å²) in [7, 11) is 0. The summed E-state index contributed by atoms with van der Waals surface area (Å²) in [6.45, 7) is 1.92. The molecule has 0 aliphatic rings. The van der Waals surface area contributed by atoms with E-state index in [0.717, 1.165) is 6.26 Å². The van der Waals surface area contributed by atoms with Crippen molar-refractivity contribution in [2.24, 2.45) is 0 Å². The third-order valence-electron chi connectivity index (χ3n) is 2.94. The van der Waals surface area contributed by atoms with E-state index in [1.54, 1.807) is 31.5 Å². The number of pyridine rings is 1. The number of nitrogens with zero attached hydrogens (tertiary/aromatic N) is 5. The predicted molar refractivity (Wildman–Crippen MR) is 75.7 cm³/mol. The van der Waals surface area contributed by atoms with Crippen LogP contribution in [0.2, 0.25) is 0 Å². The molecule has 0 bridgehead atoms. The molecule has 23 heavy (non-hydrogen) atoms. The van der Waals surface area contributed by atoms with Crippen molar-refractivity contribution in [3.05, 3.63) is 54.3 Å². The van der Waals surface area contributed by atoms with Crippen molar-refractivity contribution < 1.29 is 19.1 Å². The average molecular weight is 315 g/mol. The second kappa shape index (κ2) is 6.36. The van der Waals surface area contributed by atoms with E-state index in [-0.39, 0.29) is 18.2 Å². The fourth-order valence-corrected chi connectivity index (χ4v) is 1.87. The van der Waals surface area contributed by atoms with Crippen LogP contribution in [0.25, 0.3) is 5.69 Å². The molecule has 0 saturated heterocycles. The van der Waals surface area contributed by atoms with Crippen molar-refractivity contribution >= 4 is 5.97 Å². The van der Waals surface area contributed by atoms with Gasteiger partial charge in [0, 0.05) is 0 Å². The first-order valence-corrected chi connectivity index (χ1v) is 6.82. The highest BCUT2D eigenvalue weighted by molar-refractivity contribution is 5.86. The number of aromatic nitrogens is 5. The normalized spacial score (nSPS) is 12.1. The summed E-state index contributed by atoms with van der Waals surface area (Å²) >= 11 is 0. The first kappa shape index (κ1) is 14.9. The third-order valence-corrected chi connectivity index (χ3v) is 2.94. The van der Waals surface area contributed by atoms with Gasteiger partial charge in [-0.1, -0.05) is 0 Å². The quantitative estimate of drug-likeness (QED) is 0.690. The Morgan fingerprint density at radius 3 is 2.83 bits per heavy atom. The Hall–Kier alpha value is -3.07. The molecule has 3 aromatic heterocycles. The summed E-state index contributed by atoms with van der Waals surface area (Å²) in [5.41, 5.74) is 0.960. The van der Waals surface area contributed by atoms with Gasteiger partial charge in [0.05, 0.1) is 30.9 Å². The molecule has 3 rings (SSSR count). The van der Waals surface area contributed by atoms with Crippen LogP contribution in [0.3, 0.4) is 0 Å². The van der Waals surface area contributed by atoms with Crippen LogP contribution in [0.5, 0.6) is 0 Å². The summed E-state index contributed by atoms with van der Waals surface area (Å²) in [5, 5.41) is 18.2. The summed E-state index contributed by atoms with van der Waals surface area (Å²) in [4.78, 5) is 21.0. The Bertz CT molecular complexity index is 782. The Morgan fingerprint density at radius 2 is 2.17 bits per heavy atom. The van der Waals surface area contributed by atoms with Gasteiger partial charge in [0.1, 0.15) is 12.0 Å². The van der Waals surface area contributed by atoms with E-state index < -0.39 is 12.1 Å². The molecule has 0 aromatic carbocycles. The lowest BCUT2D eigenvalue weighted by atomic mass is 10.2. The molecule has 3 aromatic rings. The second-order valence-corrected chi connectivity index (χ2v) is 4.45.